The van der Waals surface area contributed by atoms with Gasteiger partial charge in [0.2, 0.25) is 0 Å². The highest BCUT2D eigenvalue weighted by molar-refractivity contribution is 14.1. The summed E-state index contributed by atoms with van der Waals surface area (Å²) in [6, 6.07) is 0. The average Bonchev–Trinajstić information content (AvgIpc) is 3.09. The largest absolute Gasteiger partial charge is 0.377 e. The second kappa shape index (κ2) is 11.4. The second-order valence-electron chi connectivity index (χ2n) is 12.4. The predicted molar refractivity (Wildman–Crippen MR) is 150 cm³/mol. The number of ketones is 1. The molecule has 3 heteroatoms. The van der Waals surface area contributed by atoms with Crippen molar-refractivity contribution in [1.82, 2.24) is 0 Å². The van der Waals surface area contributed by atoms with Gasteiger partial charge in [0.25, 0.3) is 0 Å². The van der Waals surface area contributed by atoms with Gasteiger partial charge in [0, 0.05) is 18.3 Å². The average molecular weight is 579 g/mol. The molecule has 6 atom stereocenters. The summed E-state index contributed by atoms with van der Waals surface area (Å²) in [7, 11) is 0. The van der Waals surface area contributed by atoms with Crippen LogP contribution in [-0.4, -0.2) is 20.9 Å². The van der Waals surface area contributed by atoms with Gasteiger partial charge in [-0.3, -0.25) is 4.79 Å². The first kappa shape index (κ1) is 26.7. The van der Waals surface area contributed by atoms with Gasteiger partial charge in [-0.05, 0) is 91.5 Å². The Morgan fingerprint density at radius 3 is 2.32 bits per heavy atom. The fourth-order valence-corrected chi connectivity index (χ4v) is 8.90. The summed E-state index contributed by atoms with van der Waals surface area (Å²) >= 11 is 2.47. The molecule has 0 aromatic rings. The minimum Gasteiger partial charge on any atom is -0.377 e. The Kier molecular flexibility index (Phi) is 8.93. The number of rotatable bonds is 9. The maximum atomic E-state index is 12.1. The van der Waals surface area contributed by atoms with Crippen LogP contribution < -0.4 is 0 Å². The van der Waals surface area contributed by atoms with Crippen LogP contribution in [0.4, 0.5) is 0 Å². The second-order valence-corrected chi connectivity index (χ2v) is 13.5. The zero-order valence-corrected chi connectivity index (χ0v) is 23.9. The van der Waals surface area contributed by atoms with E-state index in [1.54, 1.807) is 0 Å². The molecule has 4 aliphatic rings. The number of hydrogen-bond donors (Lipinski definition) is 1. The highest BCUT2D eigenvalue weighted by Gasteiger charge is 2.63. The summed E-state index contributed by atoms with van der Waals surface area (Å²) < 4.78 is 1.30. The van der Waals surface area contributed by atoms with Crippen molar-refractivity contribution in [3.63, 3.8) is 0 Å². The summed E-state index contributed by atoms with van der Waals surface area (Å²) in [5.74, 6) is 9.14. The van der Waals surface area contributed by atoms with Crippen LogP contribution in [0.15, 0.2) is 11.6 Å². The van der Waals surface area contributed by atoms with E-state index in [9.17, 15) is 9.90 Å². The number of fused-ring (bicyclic) bond motifs is 5. The highest BCUT2D eigenvalue weighted by atomic mass is 127. The normalized spacial score (nSPS) is 38.9. The van der Waals surface area contributed by atoms with Crippen molar-refractivity contribution in [3.05, 3.63) is 11.6 Å². The Balaban J connectivity index is 1.30. The van der Waals surface area contributed by atoms with Crippen LogP contribution in [0.2, 0.25) is 0 Å². The molecule has 34 heavy (non-hydrogen) atoms. The molecule has 190 valence electrons. The molecular formula is C31H47IO2. The lowest BCUT2D eigenvalue weighted by molar-refractivity contribution is -0.119. The number of aliphatic hydroxyl groups is 1. The minimum atomic E-state index is -0.805. The van der Waals surface area contributed by atoms with Crippen LogP contribution in [0.25, 0.3) is 0 Å². The summed E-state index contributed by atoms with van der Waals surface area (Å²) in [6.45, 7) is 4.79. The van der Waals surface area contributed by atoms with Gasteiger partial charge < -0.3 is 5.11 Å². The van der Waals surface area contributed by atoms with Crippen LogP contribution in [0.1, 0.15) is 123 Å². The first-order valence-corrected chi connectivity index (χ1v) is 15.9. The zero-order valence-electron chi connectivity index (χ0n) is 21.8. The van der Waals surface area contributed by atoms with Crippen molar-refractivity contribution in [2.24, 2.45) is 28.6 Å². The molecule has 1 unspecified atom stereocenters. The maximum absolute atomic E-state index is 12.1. The number of alkyl halides is 1. The Hall–Kier alpha value is -0.340. The zero-order chi connectivity index (χ0) is 24.2. The smallest absolute Gasteiger partial charge is 0.155 e. The van der Waals surface area contributed by atoms with E-state index in [4.69, 9.17) is 0 Å². The molecule has 0 heterocycles. The quantitative estimate of drug-likeness (QED) is 0.130. The molecule has 0 saturated heterocycles. The molecule has 4 aliphatic carbocycles. The van der Waals surface area contributed by atoms with E-state index in [0.717, 1.165) is 44.9 Å². The molecule has 3 saturated carbocycles. The van der Waals surface area contributed by atoms with E-state index in [-0.39, 0.29) is 10.8 Å². The van der Waals surface area contributed by atoms with Gasteiger partial charge in [-0.25, -0.2) is 0 Å². The molecule has 0 aliphatic heterocycles. The number of carbonyl (C=O) groups is 1. The van der Waals surface area contributed by atoms with E-state index in [2.05, 4.69) is 48.3 Å². The van der Waals surface area contributed by atoms with Gasteiger partial charge in [0.15, 0.2) is 5.78 Å². The Bertz CT molecular complexity index is 821. The third kappa shape index (κ3) is 5.20. The lowest BCUT2D eigenvalue weighted by atomic mass is 9.46. The first-order valence-electron chi connectivity index (χ1n) is 14.4. The van der Waals surface area contributed by atoms with Gasteiger partial charge in [-0.1, -0.05) is 86.5 Å². The van der Waals surface area contributed by atoms with E-state index < -0.39 is 5.60 Å². The van der Waals surface area contributed by atoms with Gasteiger partial charge in [-0.15, -0.1) is 5.92 Å². The van der Waals surface area contributed by atoms with Crippen molar-refractivity contribution >= 4 is 28.4 Å². The third-order valence-corrected chi connectivity index (χ3v) is 11.4. The fraction of sp³-hybridized carbons (Fsp3) is 0.839. The SMILES string of the molecule is C[C@]12CCC(=O)C=C1CC[C@@H]1[C@H]2CC[C@@]2(C)[C@H]1CCC2(O)C#CCCCCCCCCCCI. The first-order chi connectivity index (χ1) is 16.3. The van der Waals surface area contributed by atoms with Gasteiger partial charge >= 0.3 is 0 Å². The van der Waals surface area contributed by atoms with E-state index in [0.29, 0.717) is 23.5 Å². The van der Waals surface area contributed by atoms with E-state index >= 15 is 0 Å². The number of hydrogen-bond acceptors (Lipinski definition) is 2. The molecule has 3 fully saturated rings. The molecule has 1 N–H and O–H groups in total. The summed E-state index contributed by atoms with van der Waals surface area (Å²) in [5, 5.41) is 11.8. The Morgan fingerprint density at radius 1 is 0.912 bits per heavy atom. The Labute approximate surface area is 222 Å². The van der Waals surface area contributed by atoms with Crippen LogP contribution in [0.3, 0.4) is 0 Å². The van der Waals surface area contributed by atoms with Crippen LogP contribution >= 0.6 is 22.6 Å². The van der Waals surface area contributed by atoms with Crippen molar-refractivity contribution in [1.29, 1.82) is 0 Å². The van der Waals surface area contributed by atoms with Crippen LogP contribution in [0, 0.1) is 40.4 Å². The lowest BCUT2D eigenvalue weighted by Crippen LogP contribution is -2.54. The van der Waals surface area contributed by atoms with Crippen molar-refractivity contribution in [2.75, 3.05) is 4.43 Å². The molecular weight excluding hydrogens is 531 g/mol. The van der Waals surface area contributed by atoms with Gasteiger partial charge in [0.1, 0.15) is 5.60 Å². The summed E-state index contributed by atoms with van der Waals surface area (Å²) in [5.41, 5.74) is 0.768. The monoisotopic (exact) mass is 578 g/mol. The van der Waals surface area contributed by atoms with E-state index in [1.807, 2.05) is 6.08 Å². The van der Waals surface area contributed by atoms with Crippen molar-refractivity contribution < 1.29 is 9.90 Å². The third-order valence-electron chi connectivity index (χ3n) is 10.6. The fourth-order valence-electron chi connectivity index (χ4n) is 8.36. The lowest BCUT2D eigenvalue weighted by Gasteiger charge is -2.58. The standard InChI is InChI=1S/C31H47IO2/c1-29-19-15-25(33)23-24(29)13-14-26-27(29)16-20-30(2)28(26)17-21-31(30,34)18-11-9-7-5-3-4-6-8-10-12-22-32/h23,26-28,34H,3-10,12-17,19-22H2,1-2H3/t26-,27-,28+,29+,30+,31?/m1/s1. The van der Waals surface area contributed by atoms with Gasteiger partial charge in [0.05, 0.1) is 0 Å². The topological polar surface area (TPSA) is 37.3 Å². The Morgan fingerprint density at radius 2 is 1.59 bits per heavy atom. The summed E-state index contributed by atoms with van der Waals surface area (Å²) in [6.07, 6.45) is 21.9. The number of halogens is 1. The number of carbonyl (C=O) groups excluding carboxylic acids is 1. The molecule has 0 bridgehead atoms. The summed E-state index contributed by atoms with van der Waals surface area (Å²) in [4.78, 5) is 12.1. The minimum absolute atomic E-state index is 0.0683. The van der Waals surface area contributed by atoms with Crippen molar-refractivity contribution in [2.45, 2.75) is 129 Å². The van der Waals surface area contributed by atoms with Gasteiger partial charge in [-0.2, -0.15) is 0 Å². The molecule has 0 amide bonds. The molecule has 0 aromatic carbocycles. The van der Waals surface area contributed by atoms with Crippen LogP contribution in [-0.2, 0) is 4.79 Å². The highest BCUT2D eigenvalue weighted by Crippen LogP contribution is 2.67. The predicted octanol–water partition coefficient (Wildman–Crippen LogP) is 8.20. The van der Waals surface area contributed by atoms with E-state index in [1.165, 1.54) is 74.2 Å². The molecule has 0 aromatic heterocycles. The maximum Gasteiger partial charge on any atom is 0.155 e. The molecule has 0 spiro atoms. The molecule has 4 rings (SSSR count). The van der Waals surface area contributed by atoms with Crippen molar-refractivity contribution in [3.8, 4) is 11.8 Å². The number of unbranched alkanes of at least 4 members (excludes halogenated alkanes) is 8. The number of allylic oxidation sites excluding steroid dienone is 1. The van der Waals surface area contributed by atoms with Crippen LogP contribution in [0.5, 0.6) is 0 Å². The molecule has 2 nitrogen and oxygen atoms in total. The molecule has 0 radical (unpaired) electrons.